The Morgan fingerprint density at radius 1 is 1.21 bits per heavy atom. The van der Waals surface area contributed by atoms with Crippen LogP contribution in [0.4, 0.5) is 0 Å². The number of nitrogens with two attached hydrogens (primary N) is 1. The third-order valence-electron chi connectivity index (χ3n) is 2.44. The van der Waals surface area contributed by atoms with Crippen LogP contribution in [0.2, 0.25) is 0 Å². The molecule has 0 aromatic heterocycles. The van der Waals surface area contributed by atoms with E-state index in [1.165, 1.54) is 5.56 Å². The van der Waals surface area contributed by atoms with Crippen LogP contribution in [0.5, 0.6) is 0 Å². The highest BCUT2D eigenvalue weighted by atomic mass is 16.3. The molecule has 0 saturated heterocycles. The predicted molar refractivity (Wildman–Crippen MR) is 59.0 cm³/mol. The lowest BCUT2D eigenvalue weighted by molar-refractivity contribution is 0.0978. The van der Waals surface area contributed by atoms with Gasteiger partial charge in [-0.25, -0.2) is 0 Å². The second-order valence-corrected chi connectivity index (χ2v) is 4.09. The molecule has 14 heavy (non-hydrogen) atoms. The van der Waals surface area contributed by atoms with E-state index in [1.807, 2.05) is 44.2 Å². The average molecular weight is 193 g/mol. The highest BCUT2D eigenvalue weighted by Crippen LogP contribution is 2.09. The van der Waals surface area contributed by atoms with Gasteiger partial charge >= 0.3 is 0 Å². The van der Waals surface area contributed by atoms with Crippen molar-refractivity contribution in [2.75, 3.05) is 0 Å². The number of hydrogen-bond acceptors (Lipinski definition) is 2. The van der Waals surface area contributed by atoms with Crippen molar-refractivity contribution in [1.29, 1.82) is 0 Å². The lowest BCUT2D eigenvalue weighted by atomic mass is 9.95. The minimum Gasteiger partial charge on any atom is -0.391 e. The predicted octanol–water partition coefficient (Wildman–Crippen LogP) is 1.57. The first-order valence-electron chi connectivity index (χ1n) is 5.09. The number of hydrogen-bond donors (Lipinski definition) is 2. The van der Waals surface area contributed by atoms with Crippen molar-refractivity contribution in [3.05, 3.63) is 35.9 Å². The first-order valence-corrected chi connectivity index (χ1v) is 5.09. The molecule has 0 heterocycles. The van der Waals surface area contributed by atoms with Crippen molar-refractivity contribution in [3.8, 4) is 0 Å². The van der Waals surface area contributed by atoms with Gasteiger partial charge in [0, 0.05) is 6.04 Å². The molecule has 2 heteroatoms. The van der Waals surface area contributed by atoms with E-state index in [0.717, 1.165) is 6.42 Å². The van der Waals surface area contributed by atoms with Crippen molar-refractivity contribution in [2.45, 2.75) is 32.4 Å². The summed E-state index contributed by atoms with van der Waals surface area (Å²) in [7, 11) is 0. The monoisotopic (exact) mass is 193 g/mol. The molecule has 0 amide bonds. The smallest absolute Gasteiger partial charge is 0.0717 e. The van der Waals surface area contributed by atoms with Gasteiger partial charge in [-0.1, -0.05) is 44.2 Å². The maximum absolute atomic E-state index is 9.73. The first-order chi connectivity index (χ1) is 6.61. The Bertz CT molecular complexity index is 258. The van der Waals surface area contributed by atoms with Gasteiger partial charge in [0.2, 0.25) is 0 Å². The summed E-state index contributed by atoms with van der Waals surface area (Å²) >= 11 is 0. The lowest BCUT2D eigenvalue weighted by Crippen LogP contribution is -2.39. The molecule has 0 spiro atoms. The van der Waals surface area contributed by atoms with Gasteiger partial charge in [-0.2, -0.15) is 0 Å². The minimum absolute atomic E-state index is 0.169. The van der Waals surface area contributed by atoms with E-state index in [0.29, 0.717) is 0 Å². The van der Waals surface area contributed by atoms with Crippen LogP contribution in [-0.4, -0.2) is 17.3 Å². The maximum Gasteiger partial charge on any atom is 0.0717 e. The fourth-order valence-electron chi connectivity index (χ4n) is 1.50. The molecule has 3 N–H and O–H groups in total. The summed E-state index contributed by atoms with van der Waals surface area (Å²) in [5.41, 5.74) is 7.08. The van der Waals surface area contributed by atoms with Crippen molar-refractivity contribution >= 4 is 0 Å². The van der Waals surface area contributed by atoms with Gasteiger partial charge in [-0.05, 0) is 17.9 Å². The van der Waals surface area contributed by atoms with Gasteiger partial charge < -0.3 is 10.8 Å². The van der Waals surface area contributed by atoms with Crippen LogP contribution in [0.15, 0.2) is 30.3 Å². The number of rotatable bonds is 4. The Kier molecular flexibility index (Phi) is 4.11. The zero-order chi connectivity index (χ0) is 10.6. The van der Waals surface area contributed by atoms with Crippen molar-refractivity contribution in [2.24, 2.45) is 11.7 Å². The number of aliphatic hydroxyl groups is 1. The van der Waals surface area contributed by atoms with Gasteiger partial charge in [-0.15, -0.1) is 0 Å². The van der Waals surface area contributed by atoms with E-state index in [4.69, 9.17) is 5.73 Å². The molecule has 1 rings (SSSR count). The minimum atomic E-state index is -0.421. The largest absolute Gasteiger partial charge is 0.391 e. The standard InChI is InChI=1S/C12H19NO/c1-9(2)12(14)11(13)8-10-6-4-3-5-7-10/h3-7,9,11-12,14H,8,13H2,1-2H3/t11-,12+/m1/s1. The lowest BCUT2D eigenvalue weighted by Gasteiger charge is -2.21. The Morgan fingerprint density at radius 3 is 2.29 bits per heavy atom. The fraction of sp³-hybridized carbons (Fsp3) is 0.500. The Labute approximate surface area is 85.8 Å². The Hall–Kier alpha value is -0.860. The summed E-state index contributed by atoms with van der Waals surface area (Å²) in [5.74, 6) is 0.216. The normalized spacial score (nSPS) is 15.5. The maximum atomic E-state index is 9.73. The number of aliphatic hydroxyl groups excluding tert-OH is 1. The molecule has 2 nitrogen and oxygen atoms in total. The van der Waals surface area contributed by atoms with Gasteiger partial charge in [-0.3, -0.25) is 0 Å². The average Bonchev–Trinajstić information content (AvgIpc) is 2.18. The molecule has 78 valence electrons. The molecule has 0 aliphatic carbocycles. The molecule has 0 aliphatic rings. The van der Waals surface area contributed by atoms with E-state index < -0.39 is 6.10 Å². The second-order valence-electron chi connectivity index (χ2n) is 4.09. The molecule has 0 saturated carbocycles. The molecule has 1 aromatic rings. The molecule has 0 aliphatic heterocycles. The van der Waals surface area contributed by atoms with E-state index >= 15 is 0 Å². The van der Waals surface area contributed by atoms with Gasteiger partial charge in [0.25, 0.3) is 0 Å². The van der Waals surface area contributed by atoms with Crippen molar-refractivity contribution < 1.29 is 5.11 Å². The summed E-state index contributed by atoms with van der Waals surface area (Å²) < 4.78 is 0. The van der Waals surface area contributed by atoms with E-state index in [1.54, 1.807) is 0 Å². The summed E-state index contributed by atoms with van der Waals surface area (Å²) in [6.45, 7) is 3.96. The van der Waals surface area contributed by atoms with Crippen molar-refractivity contribution in [1.82, 2.24) is 0 Å². The van der Waals surface area contributed by atoms with Crippen LogP contribution in [0.3, 0.4) is 0 Å². The van der Waals surface area contributed by atoms with Crippen LogP contribution >= 0.6 is 0 Å². The Morgan fingerprint density at radius 2 is 1.79 bits per heavy atom. The van der Waals surface area contributed by atoms with E-state index in [-0.39, 0.29) is 12.0 Å². The highest BCUT2D eigenvalue weighted by molar-refractivity contribution is 5.16. The summed E-state index contributed by atoms with van der Waals surface area (Å²) in [6, 6.07) is 9.86. The van der Waals surface area contributed by atoms with Gasteiger partial charge in [0.1, 0.15) is 0 Å². The zero-order valence-corrected chi connectivity index (χ0v) is 8.85. The zero-order valence-electron chi connectivity index (χ0n) is 8.85. The van der Waals surface area contributed by atoms with Crippen molar-refractivity contribution in [3.63, 3.8) is 0 Å². The topological polar surface area (TPSA) is 46.2 Å². The summed E-state index contributed by atoms with van der Waals surface area (Å²) in [4.78, 5) is 0. The summed E-state index contributed by atoms with van der Waals surface area (Å²) in [5, 5.41) is 9.73. The molecule has 0 radical (unpaired) electrons. The highest BCUT2D eigenvalue weighted by Gasteiger charge is 2.18. The van der Waals surface area contributed by atoms with Gasteiger partial charge in [0.05, 0.1) is 6.10 Å². The first kappa shape index (κ1) is 11.2. The molecule has 1 aromatic carbocycles. The Balaban J connectivity index is 2.53. The van der Waals surface area contributed by atoms with E-state index in [9.17, 15) is 5.11 Å². The van der Waals surface area contributed by atoms with Crippen LogP contribution < -0.4 is 5.73 Å². The second kappa shape index (κ2) is 5.13. The molecular formula is C12H19NO. The van der Waals surface area contributed by atoms with E-state index in [2.05, 4.69) is 0 Å². The molecule has 0 bridgehead atoms. The molecule has 2 atom stereocenters. The quantitative estimate of drug-likeness (QED) is 0.762. The van der Waals surface area contributed by atoms with Crippen LogP contribution in [0, 0.1) is 5.92 Å². The van der Waals surface area contributed by atoms with Crippen LogP contribution in [0.1, 0.15) is 19.4 Å². The number of benzene rings is 1. The van der Waals surface area contributed by atoms with Gasteiger partial charge in [0.15, 0.2) is 0 Å². The summed E-state index contributed by atoms with van der Waals surface area (Å²) in [6.07, 6.45) is 0.315. The fourth-order valence-corrected chi connectivity index (χ4v) is 1.50. The molecular weight excluding hydrogens is 174 g/mol. The third-order valence-corrected chi connectivity index (χ3v) is 2.44. The van der Waals surface area contributed by atoms with Crippen LogP contribution in [0.25, 0.3) is 0 Å². The third kappa shape index (κ3) is 3.13. The SMILES string of the molecule is CC(C)[C@H](O)[C@H](N)Cc1ccccc1. The molecule has 0 unspecified atom stereocenters. The molecule has 0 fully saturated rings. The van der Waals surface area contributed by atoms with Crippen LogP contribution in [-0.2, 0) is 6.42 Å².